The third-order valence-electron chi connectivity index (χ3n) is 15.6. The minimum atomic E-state index is -0.745. The molecule has 0 aliphatic heterocycles. The van der Waals surface area contributed by atoms with Crippen molar-refractivity contribution in [2.24, 2.45) is 39.7 Å². The van der Waals surface area contributed by atoms with Gasteiger partial charge in [0, 0.05) is 81.7 Å². The highest BCUT2D eigenvalue weighted by molar-refractivity contribution is 6.16. The SMILES string of the molecule is CO.COC(N)=O.COC(N)=O.Cn1cc(-c2[nH]c3ncc4c(c3c2-c2ccc3[nH]ncc3c2)n(C2CCCC2)c(=O)n4C)c(F)n1.Cn1cc(-c2[nH]c3ncc4c(c3c2-c2ccc3c(cnn3CCO)c2)n(C2CCCC2)c(=O)n4C)c(F)n1. The number of nitrogens with two attached hydrogens (primary N) is 2. The first kappa shape index (κ1) is 58.2. The molecule has 2 aliphatic carbocycles. The van der Waals surface area contributed by atoms with Crippen LogP contribution >= 0.6 is 0 Å². The fourth-order valence-corrected chi connectivity index (χ4v) is 11.8. The molecule has 28 heteroatoms. The van der Waals surface area contributed by atoms with E-state index in [1.54, 1.807) is 79.2 Å². The highest BCUT2D eigenvalue weighted by atomic mass is 19.1. The maximum absolute atomic E-state index is 15.1. The predicted molar refractivity (Wildman–Crippen MR) is 315 cm³/mol. The van der Waals surface area contributed by atoms with Crippen LogP contribution in [0.1, 0.15) is 63.5 Å². The maximum Gasteiger partial charge on any atom is 0.404 e. The number of aryl methyl sites for hydroxylation is 4. The van der Waals surface area contributed by atoms with E-state index in [1.165, 1.54) is 23.6 Å². The summed E-state index contributed by atoms with van der Waals surface area (Å²) in [4.78, 5) is 61.8. The summed E-state index contributed by atoms with van der Waals surface area (Å²) in [5.41, 5.74) is 20.0. The van der Waals surface area contributed by atoms with Crippen LogP contribution in [0.2, 0.25) is 0 Å². The number of benzene rings is 2. The molecule has 0 saturated heterocycles. The zero-order valence-corrected chi connectivity index (χ0v) is 47.7. The van der Waals surface area contributed by atoms with E-state index >= 15 is 4.39 Å². The fourth-order valence-electron chi connectivity index (χ4n) is 11.8. The number of rotatable bonds is 8. The molecule has 26 nitrogen and oxygen atoms in total. The number of halogens is 2. The summed E-state index contributed by atoms with van der Waals surface area (Å²) in [6, 6.07) is 12.2. The first-order valence-electron chi connectivity index (χ1n) is 27.3. The van der Waals surface area contributed by atoms with E-state index in [4.69, 9.17) is 5.11 Å². The number of fused-ring (bicyclic) bond motifs is 8. The summed E-state index contributed by atoms with van der Waals surface area (Å²) in [6.45, 7) is 0.381. The van der Waals surface area contributed by atoms with Crippen LogP contribution in [0.4, 0.5) is 18.4 Å². The Morgan fingerprint density at radius 3 is 1.53 bits per heavy atom. The Morgan fingerprint density at radius 1 is 0.659 bits per heavy atom. The minimum absolute atomic E-state index is 0.0121. The van der Waals surface area contributed by atoms with Gasteiger partial charge in [0.25, 0.3) is 0 Å². The lowest BCUT2D eigenvalue weighted by atomic mass is 9.98. The second-order valence-electron chi connectivity index (χ2n) is 20.6. The molecule has 14 rings (SSSR count). The molecule has 10 heterocycles. The zero-order valence-electron chi connectivity index (χ0n) is 47.7. The summed E-state index contributed by atoms with van der Waals surface area (Å²) >= 11 is 0. The highest BCUT2D eigenvalue weighted by Gasteiger charge is 2.31. The van der Waals surface area contributed by atoms with Crippen molar-refractivity contribution < 1.29 is 38.1 Å². The molecule has 0 bridgehead atoms. The lowest BCUT2D eigenvalue weighted by Crippen LogP contribution is -2.24. The normalized spacial score (nSPS) is 13.5. The van der Waals surface area contributed by atoms with Crippen LogP contribution in [0.5, 0.6) is 0 Å². The smallest absolute Gasteiger partial charge is 0.404 e. The molecule has 444 valence electrons. The molecule has 2 saturated carbocycles. The van der Waals surface area contributed by atoms with Crippen LogP contribution in [0.3, 0.4) is 0 Å². The van der Waals surface area contributed by atoms with Crippen LogP contribution < -0.4 is 22.8 Å². The molecule has 2 aliphatic rings. The Bertz CT molecular complexity index is 4560. The van der Waals surface area contributed by atoms with Gasteiger partial charge in [-0.3, -0.25) is 37.4 Å². The number of H-pyrrole nitrogens is 3. The highest BCUT2D eigenvalue weighted by Crippen LogP contribution is 2.46. The van der Waals surface area contributed by atoms with Gasteiger partial charge in [0.2, 0.25) is 11.9 Å². The van der Waals surface area contributed by atoms with E-state index in [9.17, 15) is 28.7 Å². The van der Waals surface area contributed by atoms with Gasteiger partial charge in [0.1, 0.15) is 11.3 Å². The number of imidazole rings is 2. The Kier molecular flexibility index (Phi) is 16.5. The monoisotopic (exact) mass is 1170 g/mol. The zero-order chi connectivity index (χ0) is 60.5. The van der Waals surface area contributed by atoms with Gasteiger partial charge in [-0.05, 0) is 61.1 Å². The first-order valence-corrected chi connectivity index (χ1v) is 27.3. The first-order chi connectivity index (χ1) is 41.0. The number of aliphatic hydroxyl groups excluding tert-OH is 2. The summed E-state index contributed by atoms with van der Waals surface area (Å²) < 4.78 is 49.7. The number of ether oxygens (including phenoxy) is 2. The number of hydrogen-bond donors (Lipinski definition) is 7. The van der Waals surface area contributed by atoms with Gasteiger partial charge in [-0.2, -0.15) is 19.0 Å². The van der Waals surface area contributed by atoms with Gasteiger partial charge >= 0.3 is 23.6 Å². The van der Waals surface area contributed by atoms with Crippen molar-refractivity contribution in [1.82, 2.24) is 77.7 Å². The van der Waals surface area contributed by atoms with E-state index in [1.807, 2.05) is 45.5 Å². The topological polar surface area (TPSA) is 338 Å². The maximum atomic E-state index is 15.1. The number of nitrogens with zero attached hydrogens (tertiary/aromatic N) is 13. The predicted octanol–water partition coefficient (Wildman–Crippen LogP) is 7.33. The quantitative estimate of drug-likeness (QED) is 0.0784. The van der Waals surface area contributed by atoms with Crippen LogP contribution in [0, 0.1) is 11.9 Å². The molecular formula is C57H64F2N18O8. The molecule has 0 unspecified atom stereocenters. The summed E-state index contributed by atoms with van der Waals surface area (Å²) in [5.74, 6) is -1.16. The molecule has 0 atom stereocenters. The van der Waals surface area contributed by atoms with Crippen molar-refractivity contribution in [2.45, 2.75) is 70.0 Å². The van der Waals surface area contributed by atoms with Crippen LogP contribution in [-0.4, -0.2) is 128 Å². The van der Waals surface area contributed by atoms with Crippen molar-refractivity contribution in [3.8, 4) is 44.8 Å². The summed E-state index contributed by atoms with van der Waals surface area (Å²) in [7, 11) is 10.4. The van der Waals surface area contributed by atoms with Gasteiger partial charge in [0.15, 0.2) is 0 Å². The van der Waals surface area contributed by atoms with E-state index in [-0.39, 0.29) is 30.1 Å². The number of pyridine rings is 2. The molecule has 0 radical (unpaired) electrons. The molecule has 2 fully saturated rings. The molecule has 2 amide bonds. The standard InChI is InChI=1S/C27H27FN8O2.C25H23FN8O.2C2H5NO2.CH4O/c1-33-14-18(25(28)32-33)23-21(15-7-8-19-16(11-15)12-30-35(19)9-10-37)22-24-20(13-29-26(22)31-23)34(2)27(38)36(24)17-5-3-4-6-17;1-32-12-16(23(26)31-32)21-19(13-7-8-17-14(9-13)10-28-30-17)20-22-18(11-27-24(20)29-21)33(2)25(35)34(22)15-5-3-4-6-15;2*1-5-2(3)4;1-2/h7-8,11-14,17,37H,3-6,9-10H2,1-2H3,(H,29,31);7-12,15H,3-6H2,1-2H3,(H,27,29)(H,28,30);2*1H3,(H2,3,4);2H,1H3. The number of aromatic nitrogens is 16. The van der Waals surface area contributed by atoms with Crippen LogP contribution in [-0.2, 0) is 44.2 Å². The van der Waals surface area contributed by atoms with E-state index in [0.717, 1.165) is 135 Å². The van der Waals surface area contributed by atoms with E-state index in [0.29, 0.717) is 40.4 Å². The van der Waals surface area contributed by atoms with Gasteiger partial charge in [-0.1, -0.05) is 37.8 Å². The number of aromatic amines is 3. The molecule has 12 aromatic rings. The molecule has 9 N–H and O–H groups in total. The van der Waals surface area contributed by atoms with E-state index in [2.05, 4.69) is 66.4 Å². The number of methoxy groups -OCH3 is 2. The molecule has 2 aromatic carbocycles. The van der Waals surface area contributed by atoms with Crippen molar-refractivity contribution in [1.29, 1.82) is 0 Å². The molecule has 0 spiro atoms. The lowest BCUT2D eigenvalue weighted by Gasteiger charge is -2.13. The second-order valence-corrected chi connectivity index (χ2v) is 20.6. The summed E-state index contributed by atoms with van der Waals surface area (Å²) in [5, 5.41) is 39.3. The third kappa shape index (κ3) is 10.6. The van der Waals surface area contributed by atoms with Crippen molar-refractivity contribution in [3.05, 3.63) is 106 Å². The van der Waals surface area contributed by atoms with Crippen molar-refractivity contribution in [3.63, 3.8) is 0 Å². The lowest BCUT2D eigenvalue weighted by molar-refractivity contribution is 0.181. The number of carbonyl (C=O) groups excluding carboxylic acids is 2. The van der Waals surface area contributed by atoms with Crippen LogP contribution in [0.15, 0.2) is 83.2 Å². The molecular weight excluding hydrogens is 1100 g/mol. The largest absolute Gasteiger partial charge is 0.453 e. The molecule has 85 heavy (non-hydrogen) atoms. The average Bonchev–Trinajstić information content (AvgIpc) is 1.66. The van der Waals surface area contributed by atoms with Gasteiger partial charge < -0.3 is 41.1 Å². The number of primary amides is 2. The number of hydrogen-bond acceptors (Lipinski definition) is 14. The number of carbonyl (C=O) groups is 2. The summed E-state index contributed by atoms with van der Waals surface area (Å²) in [6.07, 6.45) is 17.0. The van der Waals surface area contributed by atoms with Gasteiger partial charge in [0.05, 0.1) is 119 Å². The van der Waals surface area contributed by atoms with Gasteiger partial charge in [-0.25, -0.2) is 29.1 Å². The Hall–Kier alpha value is -9.96. The fraction of sp³-hybridized carbons (Fsp3) is 0.333. The number of nitrogens with one attached hydrogen (secondary N) is 3. The number of aliphatic hydroxyl groups is 2. The second kappa shape index (κ2) is 24.1. The Balaban J connectivity index is 0.000000160. The van der Waals surface area contributed by atoms with Gasteiger partial charge in [-0.15, -0.1) is 10.2 Å². The van der Waals surface area contributed by atoms with E-state index < -0.39 is 24.1 Å². The Morgan fingerprint density at radius 2 is 1.11 bits per heavy atom. The Labute approximate surface area is 481 Å². The molecule has 10 aromatic heterocycles. The number of amides is 2. The van der Waals surface area contributed by atoms with Crippen molar-refractivity contribution in [2.75, 3.05) is 27.9 Å². The minimum Gasteiger partial charge on any atom is -0.453 e. The third-order valence-corrected chi connectivity index (χ3v) is 15.6. The van der Waals surface area contributed by atoms with Crippen molar-refractivity contribution >= 4 is 78.1 Å². The van der Waals surface area contributed by atoms with Crippen LogP contribution in [0.25, 0.3) is 111 Å². The average molecular weight is 1170 g/mol.